The van der Waals surface area contributed by atoms with Crippen LogP contribution in [-0.4, -0.2) is 33.9 Å². The van der Waals surface area contributed by atoms with Gasteiger partial charge in [-0.15, -0.1) is 0 Å². The van der Waals surface area contributed by atoms with E-state index in [1.807, 2.05) is 42.2 Å². The zero-order valence-electron chi connectivity index (χ0n) is 13.9. The van der Waals surface area contributed by atoms with E-state index in [9.17, 15) is 4.79 Å². The normalized spacial score (nSPS) is 15.8. The minimum atomic E-state index is -0.474. The monoisotopic (exact) mass is 325 g/mol. The predicted molar refractivity (Wildman–Crippen MR) is 94.4 cm³/mol. The second kappa shape index (κ2) is 7.29. The molecule has 1 aromatic carbocycles. The van der Waals surface area contributed by atoms with E-state index in [-0.39, 0.29) is 11.9 Å². The molecule has 2 aromatic rings. The first-order valence-corrected chi connectivity index (χ1v) is 8.35. The van der Waals surface area contributed by atoms with Crippen LogP contribution < -0.4 is 11.1 Å². The molecule has 0 spiro atoms. The number of aromatic nitrogens is 2. The van der Waals surface area contributed by atoms with E-state index >= 15 is 0 Å². The quantitative estimate of drug-likeness (QED) is 0.902. The van der Waals surface area contributed by atoms with Crippen LogP contribution in [0.25, 0.3) is 0 Å². The largest absolute Gasteiger partial charge is 0.368 e. The smallest absolute Gasteiger partial charge is 0.249 e. The zero-order valence-corrected chi connectivity index (χ0v) is 13.9. The molecular formula is C18H23N5O. The molecule has 6 heteroatoms. The van der Waals surface area contributed by atoms with E-state index in [0.29, 0.717) is 5.82 Å². The Bertz CT molecular complexity index is 678. The highest BCUT2D eigenvalue weighted by atomic mass is 16.2. The molecule has 1 aliphatic heterocycles. The molecule has 1 aromatic heterocycles. The van der Waals surface area contributed by atoms with Crippen LogP contribution in [0, 0.1) is 6.92 Å². The summed E-state index contributed by atoms with van der Waals surface area (Å²) < 4.78 is 0. The number of carbonyl (C=O) groups is 1. The number of nitrogen functional groups attached to an aromatic ring is 1. The fourth-order valence-electron chi connectivity index (χ4n) is 3.04. The number of carbonyl (C=O) groups excluding carboxylic acids is 1. The van der Waals surface area contributed by atoms with Crippen LogP contribution in [-0.2, 0) is 4.79 Å². The van der Waals surface area contributed by atoms with E-state index in [0.717, 1.165) is 37.2 Å². The summed E-state index contributed by atoms with van der Waals surface area (Å²) >= 11 is 0. The van der Waals surface area contributed by atoms with Gasteiger partial charge in [0.25, 0.3) is 0 Å². The van der Waals surface area contributed by atoms with E-state index in [1.165, 1.54) is 6.42 Å². The molecule has 24 heavy (non-hydrogen) atoms. The third-order valence-electron chi connectivity index (χ3n) is 4.21. The zero-order chi connectivity index (χ0) is 16.9. The molecule has 3 N–H and O–H groups in total. The van der Waals surface area contributed by atoms with Crippen molar-refractivity contribution in [1.82, 2.24) is 14.9 Å². The van der Waals surface area contributed by atoms with Gasteiger partial charge in [-0.3, -0.25) is 4.79 Å². The SMILES string of the molecule is Cc1cc(N[C@@H](C(=O)N2CCCCC2)c2ccccc2)nc(N)n1. The fourth-order valence-corrected chi connectivity index (χ4v) is 3.04. The van der Waals surface area contributed by atoms with Gasteiger partial charge in [0, 0.05) is 24.8 Å². The van der Waals surface area contributed by atoms with Crippen molar-refractivity contribution in [2.45, 2.75) is 32.2 Å². The van der Waals surface area contributed by atoms with Crippen molar-refractivity contribution in [2.75, 3.05) is 24.1 Å². The Hall–Kier alpha value is -2.63. The summed E-state index contributed by atoms with van der Waals surface area (Å²) in [7, 11) is 0. The van der Waals surface area contributed by atoms with Gasteiger partial charge in [-0.1, -0.05) is 30.3 Å². The third-order valence-corrected chi connectivity index (χ3v) is 4.21. The Morgan fingerprint density at radius 2 is 1.88 bits per heavy atom. The number of amides is 1. The number of anilines is 2. The van der Waals surface area contributed by atoms with Gasteiger partial charge in [0.15, 0.2) is 0 Å². The minimum Gasteiger partial charge on any atom is -0.368 e. The third kappa shape index (κ3) is 3.82. The topological polar surface area (TPSA) is 84.1 Å². The molecule has 2 heterocycles. The Balaban J connectivity index is 1.88. The number of hydrogen-bond acceptors (Lipinski definition) is 5. The number of hydrogen-bond donors (Lipinski definition) is 2. The van der Waals surface area contributed by atoms with E-state index in [1.54, 1.807) is 6.07 Å². The van der Waals surface area contributed by atoms with Gasteiger partial charge >= 0.3 is 0 Å². The second-order valence-electron chi connectivity index (χ2n) is 6.13. The molecule has 1 fully saturated rings. The Kier molecular flexibility index (Phi) is 4.93. The van der Waals surface area contributed by atoms with Crippen LogP contribution >= 0.6 is 0 Å². The lowest BCUT2D eigenvalue weighted by Crippen LogP contribution is -2.41. The summed E-state index contributed by atoms with van der Waals surface area (Å²) in [6.07, 6.45) is 3.31. The maximum atomic E-state index is 13.1. The maximum Gasteiger partial charge on any atom is 0.249 e. The van der Waals surface area contributed by atoms with Crippen molar-refractivity contribution in [1.29, 1.82) is 0 Å². The Labute approximate surface area is 142 Å². The number of nitrogens with zero attached hydrogens (tertiary/aromatic N) is 3. The van der Waals surface area contributed by atoms with Crippen LogP contribution in [0.2, 0.25) is 0 Å². The van der Waals surface area contributed by atoms with Crippen molar-refractivity contribution in [2.24, 2.45) is 0 Å². The van der Waals surface area contributed by atoms with Crippen LogP contribution in [0.5, 0.6) is 0 Å². The van der Waals surface area contributed by atoms with Crippen LogP contribution in [0.1, 0.15) is 36.6 Å². The number of nitrogens with two attached hydrogens (primary N) is 1. The minimum absolute atomic E-state index is 0.0794. The number of aryl methyl sites for hydroxylation is 1. The molecule has 0 radical (unpaired) electrons. The first kappa shape index (κ1) is 16.2. The van der Waals surface area contributed by atoms with Crippen molar-refractivity contribution in [3.8, 4) is 0 Å². The molecule has 1 atom stereocenters. The molecule has 0 bridgehead atoms. The molecule has 1 aliphatic rings. The Morgan fingerprint density at radius 3 is 2.54 bits per heavy atom. The lowest BCUT2D eigenvalue weighted by Gasteiger charge is -2.31. The Morgan fingerprint density at radius 1 is 1.17 bits per heavy atom. The number of benzene rings is 1. The number of piperidine rings is 1. The summed E-state index contributed by atoms with van der Waals surface area (Å²) in [6.45, 7) is 3.48. The van der Waals surface area contributed by atoms with Crippen molar-refractivity contribution in [3.63, 3.8) is 0 Å². The number of likely N-dealkylation sites (tertiary alicyclic amines) is 1. The average molecular weight is 325 g/mol. The van der Waals surface area contributed by atoms with E-state index in [2.05, 4.69) is 15.3 Å². The van der Waals surface area contributed by atoms with E-state index in [4.69, 9.17) is 5.73 Å². The van der Waals surface area contributed by atoms with Gasteiger partial charge < -0.3 is 16.0 Å². The molecular weight excluding hydrogens is 302 g/mol. The van der Waals surface area contributed by atoms with E-state index < -0.39 is 6.04 Å². The first-order valence-electron chi connectivity index (χ1n) is 8.35. The predicted octanol–water partition coefficient (Wildman–Crippen LogP) is 2.53. The average Bonchev–Trinajstić information content (AvgIpc) is 2.60. The van der Waals surface area contributed by atoms with Gasteiger partial charge in [-0.2, -0.15) is 4.98 Å². The van der Waals surface area contributed by atoms with Crippen LogP contribution in [0.15, 0.2) is 36.4 Å². The van der Waals surface area contributed by atoms with Gasteiger partial charge in [0.05, 0.1) is 0 Å². The molecule has 126 valence electrons. The molecule has 6 nitrogen and oxygen atoms in total. The molecule has 3 rings (SSSR count). The summed E-state index contributed by atoms with van der Waals surface area (Å²) in [5.41, 5.74) is 7.42. The summed E-state index contributed by atoms with van der Waals surface area (Å²) in [4.78, 5) is 23.3. The van der Waals surface area contributed by atoms with Crippen molar-refractivity contribution in [3.05, 3.63) is 47.7 Å². The van der Waals surface area contributed by atoms with Crippen LogP contribution in [0.3, 0.4) is 0 Å². The van der Waals surface area contributed by atoms with Gasteiger partial charge in [0.1, 0.15) is 11.9 Å². The van der Waals surface area contributed by atoms with Gasteiger partial charge in [-0.05, 0) is 31.7 Å². The van der Waals surface area contributed by atoms with Gasteiger partial charge in [0.2, 0.25) is 11.9 Å². The summed E-state index contributed by atoms with van der Waals surface area (Å²) in [5, 5.41) is 3.25. The highest BCUT2D eigenvalue weighted by Crippen LogP contribution is 2.23. The molecule has 1 amide bonds. The summed E-state index contributed by atoms with van der Waals surface area (Å²) in [6, 6.07) is 11.1. The lowest BCUT2D eigenvalue weighted by atomic mass is 10.0. The summed E-state index contributed by atoms with van der Waals surface area (Å²) in [5.74, 6) is 0.852. The van der Waals surface area contributed by atoms with Crippen LogP contribution in [0.4, 0.5) is 11.8 Å². The second-order valence-corrected chi connectivity index (χ2v) is 6.13. The molecule has 0 aliphatic carbocycles. The van der Waals surface area contributed by atoms with Gasteiger partial charge in [-0.25, -0.2) is 4.98 Å². The highest BCUT2D eigenvalue weighted by Gasteiger charge is 2.27. The lowest BCUT2D eigenvalue weighted by molar-refractivity contribution is -0.133. The maximum absolute atomic E-state index is 13.1. The highest BCUT2D eigenvalue weighted by molar-refractivity contribution is 5.86. The molecule has 1 saturated heterocycles. The molecule has 0 unspecified atom stereocenters. The first-order chi connectivity index (χ1) is 11.6. The van der Waals surface area contributed by atoms with Crippen molar-refractivity contribution < 1.29 is 4.79 Å². The number of nitrogens with one attached hydrogen (secondary N) is 1. The fraction of sp³-hybridized carbons (Fsp3) is 0.389. The standard InChI is InChI=1S/C18H23N5O/c1-13-12-15(22-18(19)20-13)21-16(14-8-4-2-5-9-14)17(24)23-10-6-3-7-11-23/h2,4-5,8-9,12,16H,3,6-7,10-11H2,1H3,(H3,19,20,21,22)/t16-/m1/s1. The number of rotatable bonds is 4. The van der Waals surface area contributed by atoms with Crippen molar-refractivity contribution >= 4 is 17.7 Å². The molecule has 0 saturated carbocycles.